The number of hydrogen-bond donors (Lipinski definition) is 3. The molecule has 0 aliphatic carbocycles. The SMILES string of the molecule is NC(=O)c1cnn(CC(=O)Nc2c(N)cc(Cl)cc2Cl)c1. The lowest BCUT2D eigenvalue weighted by atomic mass is 10.2. The van der Waals surface area contributed by atoms with E-state index in [0.29, 0.717) is 5.02 Å². The number of amides is 2. The van der Waals surface area contributed by atoms with Crippen molar-refractivity contribution in [2.75, 3.05) is 11.1 Å². The molecule has 2 rings (SSSR count). The molecule has 5 N–H and O–H groups in total. The first-order valence-corrected chi connectivity index (χ1v) is 6.49. The molecule has 7 nitrogen and oxygen atoms in total. The average molecular weight is 328 g/mol. The normalized spacial score (nSPS) is 10.4. The summed E-state index contributed by atoms with van der Waals surface area (Å²) in [6, 6.07) is 2.94. The Morgan fingerprint density at radius 2 is 2.05 bits per heavy atom. The Hall–Kier alpha value is -2.25. The lowest BCUT2D eigenvalue weighted by Crippen LogP contribution is -2.20. The van der Waals surface area contributed by atoms with Gasteiger partial charge in [-0.3, -0.25) is 14.3 Å². The zero-order valence-corrected chi connectivity index (χ0v) is 12.1. The third-order valence-corrected chi connectivity index (χ3v) is 3.09. The molecule has 0 aliphatic rings. The molecule has 1 aromatic carbocycles. The first-order valence-electron chi connectivity index (χ1n) is 5.73. The Bertz CT molecular complexity index is 690. The molecule has 0 fully saturated rings. The highest BCUT2D eigenvalue weighted by Gasteiger charge is 2.12. The highest BCUT2D eigenvalue weighted by atomic mass is 35.5. The topological polar surface area (TPSA) is 116 Å². The van der Waals surface area contributed by atoms with Crippen molar-refractivity contribution < 1.29 is 9.59 Å². The van der Waals surface area contributed by atoms with Gasteiger partial charge in [-0.1, -0.05) is 23.2 Å². The van der Waals surface area contributed by atoms with Crippen molar-refractivity contribution in [3.05, 3.63) is 40.1 Å². The zero-order chi connectivity index (χ0) is 15.6. The Balaban J connectivity index is 2.10. The number of nitrogens with two attached hydrogens (primary N) is 2. The summed E-state index contributed by atoms with van der Waals surface area (Å²) in [6.45, 7) is -0.119. The molecule has 0 spiro atoms. The van der Waals surface area contributed by atoms with Crippen molar-refractivity contribution in [3.8, 4) is 0 Å². The molecule has 0 radical (unpaired) electrons. The molecular formula is C12H11Cl2N5O2. The lowest BCUT2D eigenvalue weighted by molar-refractivity contribution is -0.116. The predicted octanol–water partition coefficient (Wildman–Crippen LogP) is 1.51. The zero-order valence-electron chi connectivity index (χ0n) is 10.6. The van der Waals surface area contributed by atoms with Gasteiger partial charge in [0.05, 0.1) is 28.2 Å². The molecule has 0 saturated carbocycles. The van der Waals surface area contributed by atoms with Crippen LogP contribution in [0.4, 0.5) is 11.4 Å². The van der Waals surface area contributed by atoms with E-state index in [0.717, 1.165) is 0 Å². The molecule has 0 bridgehead atoms. The minimum Gasteiger partial charge on any atom is -0.397 e. The van der Waals surface area contributed by atoms with Crippen molar-refractivity contribution in [2.45, 2.75) is 6.54 Å². The lowest BCUT2D eigenvalue weighted by Gasteiger charge is -2.10. The smallest absolute Gasteiger partial charge is 0.251 e. The number of halogens is 2. The van der Waals surface area contributed by atoms with Crippen LogP contribution < -0.4 is 16.8 Å². The van der Waals surface area contributed by atoms with Gasteiger partial charge in [0.25, 0.3) is 5.91 Å². The second kappa shape index (κ2) is 6.02. The summed E-state index contributed by atoms with van der Waals surface area (Å²) in [5, 5.41) is 7.01. The van der Waals surface area contributed by atoms with Crippen LogP contribution in [-0.4, -0.2) is 21.6 Å². The molecule has 21 heavy (non-hydrogen) atoms. The monoisotopic (exact) mass is 327 g/mol. The summed E-state index contributed by atoms with van der Waals surface area (Å²) in [6.07, 6.45) is 2.65. The molecule has 1 heterocycles. The van der Waals surface area contributed by atoms with Crippen LogP contribution in [0.5, 0.6) is 0 Å². The van der Waals surface area contributed by atoms with Crippen molar-refractivity contribution in [1.29, 1.82) is 0 Å². The number of nitrogens with one attached hydrogen (secondary N) is 1. The largest absolute Gasteiger partial charge is 0.397 e. The van der Waals surface area contributed by atoms with Crippen molar-refractivity contribution in [3.63, 3.8) is 0 Å². The van der Waals surface area contributed by atoms with Crippen LogP contribution in [0.3, 0.4) is 0 Å². The van der Waals surface area contributed by atoms with Crippen LogP contribution in [0.15, 0.2) is 24.5 Å². The van der Waals surface area contributed by atoms with Gasteiger partial charge in [0.1, 0.15) is 6.54 Å². The summed E-state index contributed by atoms with van der Waals surface area (Å²) < 4.78 is 1.27. The number of primary amides is 1. The van der Waals surface area contributed by atoms with Gasteiger partial charge in [0.2, 0.25) is 5.91 Å². The highest BCUT2D eigenvalue weighted by molar-refractivity contribution is 6.37. The molecule has 1 aromatic heterocycles. The van der Waals surface area contributed by atoms with E-state index in [1.165, 1.54) is 29.2 Å². The Morgan fingerprint density at radius 3 is 2.62 bits per heavy atom. The second-order valence-electron chi connectivity index (χ2n) is 4.19. The molecule has 110 valence electrons. The van der Waals surface area contributed by atoms with Crippen LogP contribution in [0.1, 0.15) is 10.4 Å². The quantitative estimate of drug-likeness (QED) is 0.738. The van der Waals surface area contributed by atoms with Crippen LogP contribution >= 0.6 is 23.2 Å². The van der Waals surface area contributed by atoms with E-state index >= 15 is 0 Å². The standard InChI is InChI=1S/C12H11Cl2N5O2/c13-7-1-8(14)11(9(15)2-7)18-10(20)5-19-4-6(3-17-19)12(16)21/h1-4H,5,15H2,(H2,16,21)(H,18,20). The van der Waals surface area contributed by atoms with E-state index < -0.39 is 11.8 Å². The molecule has 9 heteroatoms. The van der Waals surface area contributed by atoms with Crippen LogP contribution in [0, 0.1) is 0 Å². The summed E-state index contributed by atoms with van der Waals surface area (Å²) in [7, 11) is 0. The van der Waals surface area contributed by atoms with Gasteiger partial charge >= 0.3 is 0 Å². The molecule has 0 saturated heterocycles. The molecule has 2 amide bonds. The fourth-order valence-electron chi connectivity index (χ4n) is 1.63. The van der Waals surface area contributed by atoms with Gasteiger partial charge in [-0.2, -0.15) is 5.10 Å². The van der Waals surface area contributed by atoms with E-state index in [9.17, 15) is 9.59 Å². The highest BCUT2D eigenvalue weighted by Crippen LogP contribution is 2.31. The number of carbonyl (C=O) groups excluding carboxylic acids is 2. The number of nitrogens with zero attached hydrogens (tertiary/aromatic N) is 2. The fourth-order valence-corrected chi connectivity index (χ4v) is 2.19. The maximum Gasteiger partial charge on any atom is 0.251 e. The number of anilines is 2. The van der Waals surface area contributed by atoms with Gasteiger partial charge in [0.15, 0.2) is 0 Å². The minimum absolute atomic E-state index is 0.119. The Morgan fingerprint density at radius 1 is 1.33 bits per heavy atom. The van der Waals surface area contributed by atoms with Crippen LogP contribution in [-0.2, 0) is 11.3 Å². The number of benzene rings is 1. The summed E-state index contributed by atoms with van der Waals surface area (Å²) in [5.41, 5.74) is 11.6. The molecular weight excluding hydrogens is 317 g/mol. The fraction of sp³-hybridized carbons (Fsp3) is 0.0833. The van der Waals surface area contributed by atoms with Gasteiger partial charge in [-0.05, 0) is 12.1 Å². The first-order chi connectivity index (χ1) is 9.86. The number of nitrogen functional groups attached to an aromatic ring is 1. The molecule has 2 aromatic rings. The van der Waals surface area contributed by atoms with E-state index in [1.807, 2.05) is 0 Å². The number of hydrogen-bond acceptors (Lipinski definition) is 4. The molecule has 0 atom stereocenters. The Kier molecular flexibility index (Phi) is 4.35. The summed E-state index contributed by atoms with van der Waals surface area (Å²) in [5.74, 6) is -1.03. The van der Waals surface area contributed by atoms with Crippen LogP contribution in [0.2, 0.25) is 10.0 Å². The molecule has 0 unspecified atom stereocenters. The number of rotatable bonds is 4. The van der Waals surface area contributed by atoms with Crippen LogP contribution in [0.25, 0.3) is 0 Å². The van der Waals surface area contributed by atoms with E-state index in [-0.39, 0.29) is 28.5 Å². The van der Waals surface area contributed by atoms with Gasteiger partial charge in [-0.15, -0.1) is 0 Å². The van der Waals surface area contributed by atoms with Crippen molar-refractivity contribution in [1.82, 2.24) is 9.78 Å². The summed E-state index contributed by atoms with van der Waals surface area (Å²) >= 11 is 11.8. The number of aromatic nitrogens is 2. The van der Waals surface area contributed by atoms with Gasteiger partial charge in [0, 0.05) is 11.2 Å². The first kappa shape index (κ1) is 15.1. The summed E-state index contributed by atoms with van der Waals surface area (Å²) in [4.78, 5) is 22.8. The maximum absolute atomic E-state index is 11.9. The van der Waals surface area contributed by atoms with E-state index in [1.54, 1.807) is 0 Å². The van der Waals surface area contributed by atoms with Gasteiger partial charge < -0.3 is 16.8 Å². The third-order valence-electron chi connectivity index (χ3n) is 2.57. The van der Waals surface area contributed by atoms with E-state index in [2.05, 4.69) is 10.4 Å². The average Bonchev–Trinajstić information content (AvgIpc) is 2.82. The second-order valence-corrected chi connectivity index (χ2v) is 5.03. The Labute approximate surface area is 129 Å². The van der Waals surface area contributed by atoms with Crippen molar-refractivity contribution >= 4 is 46.4 Å². The molecule has 0 aliphatic heterocycles. The number of carbonyl (C=O) groups is 2. The van der Waals surface area contributed by atoms with Gasteiger partial charge in [-0.25, -0.2) is 0 Å². The maximum atomic E-state index is 11.9. The minimum atomic E-state index is -0.619. The predicted molar refractivity (Wildman–Crippen MR) is 80.2 cm³/mol. The van der Waals surface area contributed by atoms with Crippen molar-refractivity contribution in [2.24, 2.45) is 5.73 Å². The van der Waals surface area contributed by atoms with E-state index in [4.69, 9.17) is 34.7 Å². The third kappa shape index (κ3) is 3.65.